The minimum absolute atomic E-state index is 0. The van der Waals surface area contributed by atoms with E-state index in [4.69, 9.17) is 0 Å². The van der Waals surface area contributed by atoms with Crippen molar-refractivity contribution in [2.75, 3.05) is 13.6 Å². The number of nitrogens with one attached hydrogen (secondary N) is 3. The number of halogens is 1. The average Bonchev–Trinajstić information content (AvgIpc) is 3.05. The molecule has 29 heavy (non-hydrogen) atoms. The summed E-state index contributed by atoms with van der Waals surface area (Å²) in [7, 11) is 1.81. The fourth-order valence-corrected chi connectivity index (χ4v) is 4.29. The van der Waals surface area contributed by atoms with Gasteiger partial charge in [0.1, 0.15) is 11.6 Å². The first-order valence-corrected chi connectivity index (χ1v) is 10.6. The van der Waals surface area contributed by atoms with Crippen LogP contribution in [-0.2, 0) is 17.8 Å². The van der Waals surface area contributed by atoms with E-state index in [1.807, 2.05) is 27.8 Å². The normalized spacial score (nSPS) is 24.4. The first kappa shape index (κ1) is 23.9. The second-order valence-electron chi connectivity index (χ2n) is 8.50. The number of hydrogen-bond acceptors (Lipinski definition) is 4. The van der Waals surface area contributed by atoms with Gasteiger partial charge in [0.15, 0.2) is 5.96 Å². The largest absolute Gasteiger partial charge is 0.356 e. The molecule has 8 nitrogen and oxygen atoms in total. The van der Waals surface area contributed by atoms with Gasteiger partial charge in [-0.05, 0) is 52.4 Å². The van der Waals surface area contributed by atoms with E-state index in [-0.39, 0.29) is 41.8 Å². The van der Waals surface area contributed by atoms with Crippen LogP contribution in [0.4, 0.5) is 0 Å². The molecule has 1 aliphatic carbocycles. The number of carbonyl (C=O) groups is 1. The molecule has 3 N–H and O–H groups in total. The predicted octanol–water partition coefficient (Wildman–Crippen LogP) is 2.02. The molecule has 1 aromatic heterocycles. The number of aromatic nitrogens is 3. The van der Waals surface area contributed by atoms with Crippen LogP contribution in [0.1, 0.15) is 57.6 Å². The zero-order chi connectivity index (χ0) is 20.1. The number of aryl methyl sites for hydroxylation is 2. The summed E-state index contributed by atoms with van der Waals surface area (Å²) in [6, 6.07) is 0.488. The van der Waals surface area contributed by atoms with Crippen molar-refractivity contribution in [3.05, 3.63) is 11.6 Å². The second kappa shape index (κ2) is 11.1. The number of nitrogens with zero attached hydrogens (tertiary/aromatic N) is 4. The maximum absolute atomic E-state index is 12.4. The molecule has 0 radical (unpaired) electrons. The molecule has 3 unspecified atom stereocenters. The molecule has 9 heteroatoms. The smallest absolute Gasteiger partial charge is 0.223 e. The van der Waals surface area contributed by atoms with E-state index >= 15 is 0 Å². The molecule has 1 amide bonds. The van der Waals surface area contributed by atoms with Crippen LogP contribution in [0.2, 0.25) is 0 Å². The molecule has 0 aromatic carbocycles. The number of hydrogen-bond donors (Lipinski definition) is 3. The van der Waals surface area contributed by atoms with Crippen LogP contribution in [0, 0.1) is 18.8 Å². The molecule has 1 aliphatic heterocycles. The van der Waals surface area contributed by atoms with Gasteiger partial charge in [0.2, 0.25) is 5.91 Å². The predicted molar refractivity (Wildman–Crippen MR) is 126 cm³/mol. The third-order valence-corrected chi connectivity index (χ3v) is 5.83. The van der Waals surface area contributed by atoms with Crippen LogP contribution >= 0.6 is 24.0 Å². The molecule has 164 valence electrons. The number of aliphatic imine (C=N–C) groups is 1. The molecule has 1 saturated carbocycles. The Morgan fingerprint density at radius 1 is 1.28 bits per heavy atom. The highest BCUT2D eigenvalue weighted by Crippen LogP contribution is 2.25. The lowest BCUT2D eigenvalue weighted by atomic mass is 9.85. The van der Waals surface area contributed by atoms with Crippen LogP contribution in [0.25, 0.3) is 0 Å². The van der Waals surface area contributed by atoms with Gasteiger partial charge >= 0.3 is 0 Å². The maximum atomic E-state index is 12.4. The molecule has 3 atom stereocenters. The van der Waals surface area contributed by atoms with E-state index in [2.05, 4.69) is 35.7 Å². The van der Waals surface area contributed by atoms with Crippen LogP contribution in [0.15, 0.2) is 4.99 Å². The van der Waals surface area contributed by atoms with Crippen LogP contribution < -0.4 is 16.0 Å². The Labute approximate surface area is 191 Å². The molecule has 0 saturated heterocycles. The lowest BCUT2D eigenvalue weighted by molar-refractivity contribution is -0.126. The van der Waals surface area contributed by atoms with E-state index in [0.717, 1.165) is 69.2 Å². The van der Waals surface area contributed by atoms with E-state index in [9.17, 15) is 4.79 Å². The van der Waals surface area contributed by atoms with Crippen molar-refractivity contribution >= 4 is 35.8 Å². The van der Waals surface area contributed by atoms with Crippen molar-refractivity contribution in [2.45, 2.75) is 77.9 Å². The summed E-state index contributed by atoms with van der Waals surface area (Å²) in [5, 5.41) is 18.5. The van der Waals surface area contributed by atoms with Crippen molar-refractivity contribution < 1.29 is 4.79 Å². The second-order valence-corrected chi connectivity index (χ2v) is 8.50. The Bertz CT molecular complexity index is 703. The van der Waals surface area contributed by atoms with E-state index in [1.165, 1.54) is 0 Å². The molecule has 2 heterocycles. The lowest BCUT2D eigenvalue weighted by Crippen LogP contribution is -2.48. The Morgan fingerprint density at radius 2 is 2.07 bits per heavy atom. The number of rotatable bonds is 5. The SMILES string of the molecule is CN=C(NCC1CCc2nnc(C)n2C1)NC1CCCC(C(=O)NC(C)C)C1.I. The molecule has 0 bridgehead atoms. The van der Waals surface area contributed by atoms with Crippen molar-refractivity contribution in [2.24, 2.45) is 16.8 Å². The summed E-state index contributed by atoms with van der Waals surface area (Å²) >= 11 is 0. The zero-order valence-electron chi connectivity index (χ0n) is 18.1. The van der Waals surface area contributed by atoms with E-state index < -0.39 is 0 Å². The minimum atomic E-state index is 0. The number of guanidine groups is 1. The monoisotopic (exact) mass is 517 g/mol. The highest BCUT2D eigenvalue weighted by atomic mass is 127. The fourth-order valence-electron chi connectivity index (χ4n) is 4.29. The van der Waals surface area contributed by atoms with Gasteiger partial charge in [0.05, 0.1) is 0 Å². The van der Waals surface area contributed by atoms with Gasteiger partial charge in [0, 0.05) is 44.6 Å². The third-order valence-electron chi connectivity index (χ3n) is 5.83. The summed E-state index contributed by atoms with van der Waals surface area (Å²) in [6.45, 7) is 7.87. The van der Waals surface area contributed by atoms with E-state index in [0.29, 0.717) is 12.0 Å². The van der Waals surface area contributed by atoms with Gasteiger partial charge in [-0.15, -0.1) is 34.2 Å². The number of amides is 1. The molecular formula is C20H36IN7O. The van der Waals surface area contributed by atoms with Gasteiger partial charge in [-0.25, -0.2) is 0 Å². The van der Waals surface area contributed by atoms with Crippen molar-refractivity contribution in [1.29, 1.82) is 0 Å². The molecule has 2 aliphatic rings. The summed E-state index contributed by atoms with van der Waals surface area (Å²) in [5.74, 6) is 3.75. The topological polar surface area (TPSA) is 96.2 Å². The van der Waals surface area contributed by atoms with Gasteiger partial charge in [-0.2, -0.15) is 0 Å². The molecule has 0 spiro atoms. The van der Waals surface area contributed by atoms with Gasteiger partial charge in [0.25, 0.3) is 0 Å². The van der Waals surface area contributed by atoms with Gasteiger partial charge < -0.3 is 20.5 Å². The van der Waals surface area contributed by atoms with Crippen molar-refractivity contribution in [3.63, 3.8) is 0 Å². The first-order chi connectivity index (χ1) is 13.5. The van der Waals surface area contributed by atoms with E-state index in [1.54, 1.807) is 0 Å². The molecule has 1 fully saturated rings. The Balaban J connectivity index is 0.00000300. The highest BCUT2D eigenvalue weighted by Gasteiger charge is 2.28. The lowest BCUT2D eigenvalue weighted by Gasteiger charge is -2.31. The fraction of sp³-hybridized carbons (Fsp3) is 0.800. The standard InChI is InChI=1S/C20H35N7O.HI/c1-13(2)23-19(28)16-6-5-7-17(10-16)24-20(21-4)22-11-15-8-9-18-26-25-14(3)27(18)12-15;/h13,15-17H,5-12H2,1-4H3,(H,23,28)(H2,21,22,24);1H. The Kier molecular flexibility index (Phi) is 9.16. The Morgan fingerprint density at radius 3 is 2.79 bits per heavy atom. The maximum Gasteiger partial charge on any atom is 0.223 e. The summed E-state index contributed by atoms with van der Waals surface area (Å²) in [4.78, 5) is 16.7. The minimum Gasteiger partial charge on any atom is -0.356 e. The summed E-state index contributed by atoms with van der Waals surface area (Å²) in [6.07, 6.45) is 6.09. The molecule has 3 rings (SSSR count). The number of fused-ring (bicyclic) bond motifs is 1. The van der Waals surface area contributed by atoms with Crippen molar-refractivity contribution in [3.8, 4) is 0 Å². The molecular weight excluding hydrogens is 481 g/mol. The van der Waals surface area contributed by atoms with Crippen LogP contribution in [-0.4, -0.2) is 52.3 Å². The van der Waals surface area contributed by atoms with Gasteiger partial charge in [-0.3, -0.25) is 9.79 Å². The van der Waals surface area contributed by atoms with Crippen LogP contribution in [0.3, 0.4) is 0 Å². The highest BCUT2D eigenvalue weighted by molar-refractivity contribution is 14.0. The third kappa shape index (κ3) is 6.55. The van der Waals surface area contributed by atoms with Crippen molar-refractivity contribution in [1.82, 2.24) is 30.7 Å². The summed E-state index contributed by atoms with van der Waals surface area (Å²) < 4.78 is 2.23. The quantitative estimate of drug-likeness (QED) is 0.316. The Hall–Kier alpha value is -1.39. The van der Waals surface area contributed by atoms with Gasteiger partial charge in [-0.1, -0.05) is 6.42 Å². The molecule has 1 aromatic rings. The zero-order valence-corrected chi connectivity index (χ0v) is 20.4. The van der Waals surface area contributed by atoms with Crippen LogP contribution in [0.5, 0.6) is 0 Å². The first-order valence-electron chi connectivity index (χ1n) is 10.6. The summed E-state index contributed by atoms with van der Waals surface area (Å²) in [5.41, 5.74) is 0. The average molecular weight is 517 g/mol. The number of carbonyl (C=O) groups excluding carboxylic acids is 1.